The number of aliphatic carboxylic acids is 1. The molecule has 0 aliphatic carbocycles. The molecule has 0 spiro atoms. The predicted molar refractivity (Wildman–Crippen MR) is 69.2 cm³/mol. The first kappa shape index (κ1) is 13.7. The van der Waals surface area contributed by atoms with Crippen molar-refractivity contribution in [1.29, 1.82) is 0 Å². The van der Waals surface area contributed by atoms with Crippen molar-refractivity contribution in [3.05, 3.63) is 34.9 Å². The second kappa shape index (κ2) is 5.82. The minimum absolute atomic E-state index is 0.0518. The summed E-state index contributed by atoms with van der Waals surface area (Å²) in [5.74, 6) is -0.787. The van der Waals surface area contributed by atoms with Crippen molar-refractivity contribution >= 4 is 5.97 Å². The Hall–Kier alpha value is -1.35. The number of carboxylic acids is 1. The zero-order valence-electron chi connectivity index (χ0n) is 10.9. The van der Waals surface area contributed by atoms with Crippen molar-refractivity contribution in [2.75, 3.05) is 0 Å². The zero-order chi connectivity index (χ0) is 13.0. The topological polar surface area (TPSA) is 49.3 Å². The number of rotatable bonds is 5. The summed E-state index contributed by atoms with van der Waals surface area (Å²) < 4.78 is 0. The van der Waals surface area contributed by atoms with Crippen LogP contribution in [-0.2, 0) is 4.79 Å². The summed E-state index contributed by atoms with van der Waals surface area (Å²) >= 11 is 0. The van der Waals surface area contributed by atoms with Crippen LogP contribution in [0, 0.1) is 13.8 Å². The molecule has 1 aromatic rings. The first-order valence-electron chi connectivity index (χ1n) is 6.01. The lowest BCUT2D eigenvalue weighted by Crippen LogP contribution is -2.37. The largest absolute Gasteiger partial charge is 0.480 e. The molecule has 2 atom stereocenters. The fourth-order valence-corrected chi connectivity index (χ4v) is 1.98. The molecule has 1 aromatic carbocycles. The van der Waals surface area contributed by atoms with Crippen LogP contribution in [0.1, 0.15) is 43.0 Å². The van der Waals surface area contributed by atoms with E-state index in [4.69, 9.17) is 5.11 Å². The molecule has 2 unspecified atom stereocenters. The summed E-state index contributed by atoms with van der Waals surface area (Å²) in [4.78, 5) is 11.0. The van der Waals surface area contributed by atoms with Crippen LogP contribution in [0.5, 0.6) is 0 Å². The van der Waals surface area contributed by atoms with Crippen LogP contribution >= 0.6 is 0 Å². The SMILES string of the molecule is CCC(NC(C)c1cc(C)ccc1C)C(=O)O. The molecule has 94 valence electrons. The third-order valence-electron chi connectivity index (χ3n) is 3.06. The first-order chi connectivity index (χ1) is 7.95. The van der Waals surface area contributed by atoms with Gasteiger partial charge in [0.2, 0.25) is 0 Å². The van der Waals surface area contributed by atoms with Gasteiger partial charge in [-0.05, 0) is 38.3 Å². The van der Waals surface area contributed by atoms with Crippen LogP contribution in [-0.4, -0.2) is 17.1 Å². The molecular formula is C14H21NO2. The van der Waals surface area contributed by atoms with E-state index in [1.807, 2.05) is 20.8 Å². The summed E-state index contributed by atoms with van der Waals surface area (Å²) in [6, 6.07) is 5.83. The first-order valence-corrected chi connectivity index (χ1v) is 6.01. The van der Waals surface area contributed by atoms with E-state index in [0.29, 0.717) is 6.42 Å². The van der Waals surface area contributed by atoms with Gasteiger partial charge < -0.3 is 5.11 Å². The van der Waals surface area contributed by atoms with Gasteiger partial charge >= 0.3 is 5.97 Å². The van der Waals surface area contributed by atoms with Crippen LogP contribution in [0.15, 0.2) is 18.2 Å². The van der Waals surface area contributed by atoms with E-state index in [-0.39, 0.29) is 6.04 Å². The van der Waals surface area contributed by atoms with Crippen molar-refractivity contribution in [2.24, 2.45) is 0 Å². The normalized spacial score (nSPS) is 14.4. The van der Waals surface area contributed by atoms with Gasteiger partial charge in [0.1, 0.15) is 6.04 Å². The average molecular weight is 235 g/mol. The predicted octanol–water partition coefficient (Wildman–Crippen LogP) is 2.82. The molecule has 0 saturated heterocycles. The molecule has 0 aromatic heterocycles. The van der Waals surface area contributed by atoms with Gasteiger partial charge in [0.25, 0.3) is 0 Å². The van der Waals surface area contributed by atoms with E-state index < -0.39 is 12.0 Å². The minimum atomic E-state index is -0.787. The lowest BCUT2D eigenvalue weighted by molar-refractivity contribution is -0.139. The fourth-order valence-electron chi connectivity index (χ4n) is 1.98. The molecule has 2 N–H and O–H groups in total. The molecule has 3 heteroatoms. The number of aryl methyl sites for hydroxylation is 2. The van der Waals surface area contributed by atoms with Crippen LogP contribution in [0.3, 0.4) is 0 Å². The van der Waals surface area contributed by atoms with E-state index in [1.165, 1.54) is 16.7 Å². The highest BCUT2D eigenvalue weighted by atomic mass is 16.4. The summed E-state index contributed by atoms with van der Waals surface area (Å²) in [6.07, 6.45) is 0.588. The average Bonchev–Trinajstić information content (AvgIpc) is 2.28. The maximum absolute atomic E-state index is 11.0. The van der Waals surface area contributed by atoms with Gasteiger partial charge in [-0.15, -0.1) is 0 Å². The van der Waals surface area contributed by atoms with Crippen molar-refractivity contribution < 1.29 is 9.90 Å². The van der Waals surface area contributed by atoms with Crippen LogP contribution < -0.4 is 5.32 Å². The third-order valence-corrected chi connectivity index (χ3v) is 3.06. The molecule has 0 heterocycles. The maximum atomic E-state index is 11.0. The Balaban J connectivity index is 2.85. The third kappa shape index (κ3) is 3.56. The Morgan fingerprint density at radius 1 is 1.41 bits per heavy atom. The van der Waals surface area contributed by atoms with Crippen LogP contribution in [0.2, 0.25) is 0 Å². The van der Waals surface area contributed by atoms with Crippen LogP contribution in [0.25, 0.3) is 0 Å². The number of carbonyl (C=O) groups is 1. The zero-order valence-corrected chi connectivity index (χ0v) is 10.9. The Morgan fingerprint density at radius 2 is 2.06 bits per heavy atom. The molecule has 17 heavy (non-hydrogen) atoms. The second-order valence-electron chi connectivity index (χ2n) is 4.55. The Kier molecular flexibility index (Phi) is 4.70. The van der Waals surface area contributed by atoms with Gasteiger partial charge in [0.15, 0.2) is 0 Å². The molecular weight excluding hydrogens is 214 g/mol. The van der Waals surface area contributed by atoms with Gasteiger partial charge in [-0.1, -0.05) is 30.7 Å². The summed E-state index contributed by atoms with van der Waals surface area (Å²) in [5.41, 5.74) is 3.56. The van der Waals surface area contributed by atoms with Gasteiger partial charge in [-0.3, -0.25) is 10.1 Å². The van der Waals surface area contributed by atoms with E-state index in [9.17, 15) is 4.79 Å². The molecule has 0 saturated carbocycles. The Labute approximate surface area is 103 Å². The maximum Gasteiger partial charge on any atom is 0.320 e. The molecule has 1 rings (SSSR count). The summed E-state index contributed by atoms with van der Waals surface area (Å²) in [7, 11) is 0. The molecule has 0 amide bonds. The van der Waals surface area contributed by atoms with E-state index in [2.05, 4.69) is 30.4 Å². The molecule has 0 bridgehead atoms. The number of hydrogen-bond acceptors (Lipinski definition) is 2. The van der Waals surface area contributed by atoms with Crippen molar-refractivity contribution in [1.82, 2.24) is 5.32 Å². The molecule has 0 fully saturated rings. The number of hydrogen-bond donors (Lipinski definition) is 2. The summed E-state index contributed by atoms with van der Waals surface area (Å²) in [5, 5.41) is 12.2. The van der Waals surface area contributed by atoms with Gasteiger partial charge in [-0.2, -0.15) is 0 Å². The van der Waals surface area contributed by atoms with Gasteiger partial charge in [0, 0.05) is 6.04 Å². The monoisotopic (exact) mass is 235 g/mol. The van der Waals surface area contributed by atoms with E-state index in [0.717, 1.165) is 0 Å². The Bertz CT molecular complexity index is 401. The lowest BCUT2D eigenvalue weighted by Gasteiger charge is -2.21. The smallest absolute Gasteiger partial charge is 0.320 e. The highest BCUT2D eigenvalue weighted by Crippen LogP contribution is 2.19. The number of benzene rings is 1. The van der Waals surface area contributed by atoms with Gasteiger partial charge in [0.05, 0.1) is 0 Å². The second-order valence-corrected chi connectivity index (χ2v) is 4.55. The standard InChI is InChI=1S/C14H21NO2/c1-5-13(14(16)17)15-11(4)12-8-9(2)6-7-10(12)3/h6-8,11,13,15H,5H2,1-4H3,(H,16,17). The van der Waals surface area contributed by atoms with Crippen molar-refractivity contribution in [3.63, 3.8) is 0 Å². The van der Waals surface area contributed by atoms with Gasteiger partial charge in [-0.25, -0.2) is 0 Å². The highest BCUT2D eigenvalue weighted by Gasteiger charge is 2.18. The van der Waals surface area contributed by atoms with E-state index in [1.54, 1.807) is 0 Å². The van der Waals surface area contributed by atoms with Crippen molar-refractivity contribution in [3.8, 4) is 0 Å². The van der Waals surface area contributed by atoms with Crippen LogP contribution in [0.4, 0.5) is 0 Å². The number of nitrogens with one attached hydrogen (secondary N) is 1. The lowest BCUT2D eigenvalue weighted by atomic mass is 9.99. The van der Waals surface area contributed by atoms with E-state index >= 15 is 0 Å². The molecule has 0 aliphatic rings. The molecule has 3 nitrogen and oxygen atoms in total. The molecule has 0 radical (unpaired) electrons. The summed E-state index contributed by atoms with van der Waals surface area (Å²) in [6.45, 7) is 7.98. The Morgan fingerprint density at radius 3 is 2.59 bits per heavy atom. The number of carboxylic acid groups (broad SMARTS) is 1. The van der Waals surface area contributed by atoms with Crippen molar-refractivity contribution in [2.45, 2.75) is 46.2 Å². The molecule has 0 aliphatic heterocycles. The minimum Gasteiger partial charge on any atom is -0.480 e. The quantitative estimate of drug-likeness (QED) is 0.825. The highest BCUT2D eigenvalue weighted by molar-refractivity contribution is 5.73. The fraction of sp³-hybridized carbons (Fsp3) is 0.500.